The van der Waals surface area contributed by atoms with Crippen molar-refractivity contribution in [2.75, 3.05) is 6.61 Å². The van der Waals surface area contributed by atoms with Gasteiger partial charge in [-0.05, 0) is 37.1 Å². The minimum atomic E-state index is -1.76. The minimum Gasteiger partial charge on any atom is -0.464 e. The average molecular weight is 278 g/mol. The zero-order valence-corrected chi connectivity index (χ0v) is 11.4. The summed E-state index contributed by atoms with van der Waals surface area (Å²) >= 11 is 5.94. The summed E-state index contributed by atoms with van der Waals surface area (Å²) in [5.74, 6) is -1.27. The molecule has 98 valence electrons. The number of ketones is 1. The van der Waals surface area contributed by atoms with Gasteiger partial charge in [0.05, 0.1) is 12.7 Å². The molecule has 0 N–H and O–H groups in total. The highest BCUT2D eigenvalue weighted by molar-refractivity contribution is 6.31. The van der Waals surface area contributed by atoms with Gasteiger partial charge in [0.1, 0.15) is 0 Å². The number of hydrogen-bond acceptors (Lipinski definition) is 4. The number of nitrogens with zero attached hydrogens (tertiary/aromatic N) is 1. The number of aryl methyl sites for hydroxylation is 1. The quantitative estimate of drug-likeness (QED) is 0.615. The molecule has 1 atom stereocenters. The fourth-order valence-corrected chi connectivity index (χ4v) is 2.71. The molecule has 0 amide bonds. The molecule has 4 nitrogen and oxygen atoms in total. The van der Waals surface area contributed by atoms with Crippen LogP contribution < -0.4 is 0 Å². The molecule has 1 aliphatic rings. The topological polar surface area (TPSA) is 67.2 Å². The predicted molar refractivity (Wildman–Crippen MR) is 68.9 cm³/mol. The number of rotatable bonds is 2. The molecule has 0 saturated heterocycles. The molecule has 0 fully saturated rings. The summed E-state index contributed by atoms with van der Waals surface area (Å²) in [6, 6.07) is 5.11. The Balaban J connectivity index is 2.56. The van der Waals surface area contributed by atoms with Gasteiger partial charge in [-0.25, -0.2) is 4.79 Å². The van der Waals surface area contributed by atoms with Crippen LogP contribution in [0.1, 0.15) is 28.4 Å². The molecule has 0 spiro atoms. The molecule has 0 aliphatic heterocycles. The van der Waals surface area contributed by atoms with Crippen LogP contribution in [0.5, 0.6) is 0 Å². The van der Waals surface area contributed by atoms with Crippen molar-refractivity contribution in [3.05, 3.63) is 33.8 Å². The van der Waals surface area contributed by atoms with E-state index in [0.717, 1.165) is 0 Å². The number of hydrogen-bond donors (Lipinski definition) is 0. The summed E-state index contributed by atoms with van der Waals surface area (Å²) in [5.41, 5.74) is -0.0362. The first-order valence-corrected chi connectivity index (χ1v) is 6.26. The van der Waals surface area contributed by atoms with Gasteiger partial charge in [0.25, 0.3) is 0 Å². The first-order valence-electron chi connectivity index (χ1n) is 5.88. The smallest absolute Gasteiger partial charge is 0.334 e. The summed E-state index contributed by atoms with van der Waals surface area (Å²) < 4.78 is 4.88. The van der Waals surface area contributed by atoms with Crippen LogP contribution in [0.15, 0.2) is 12.1 Å². The Labute approximate surface area is 115 Å². The van der Waals surface area contributed by atoms with E-state index in [1.54, 1.807) is 26.0 Å². The fourth-order valence-electron chi connectivity index (χ4n) is 2.41. The number of Topliss-reactive ketones (excluding diaryl/α,β-unsaturated/α-hetero) is 1. The van der Waals surface area contributed by atoms with Gasteiger partial charge in [-0.1, -0.05) is 11.6 Å². The van der Waals surface area contributed by atoms with Crippen LogP contribution >= 0.6 is 11.6 Å². The van der Waals surface area contributed by atoms with Crippen molar-refractivity contribution in [1.82, 2.24) is 0 Å². The molecule has 0 heterocycles. The van der Waals surface area contributed by atoms with Crippen LogP contribution in [-0.4, -0.2) is 18.4 Å². The zero-order valence-electron chi connectivity index (χ0n) is 10.6. The molecule has 0 bridgehead atoms. The number of ether oxygens (including phenoxy) is 1. The van der Waals surface area contributed by atoms with E-state index in [2.05, 4.69) is 0 Å². The van der Waals surface area contributed by atoms with Gasteiger partial charge in [0.2, 0.25) is 5.41 Å². The summed E-state index contributed by atoms with van der Waals surface area (Å²) in [6.45, 7) is 3.50. The molecule has 0 aromatic heterocycles. The Kier molecular flexibility index (Phi) is 3.34. The number of benzene rings is 1. The second kappa shape index (κ2) is 4.67. The molecular weight excluding hydrogens is 266 g/mol. The highest BCUT2D eigenvalue weighted by Crippen LogP contribution is 2.40. The van der Waals surface area contributed by atoms with Gasteiger partial charge in [-0.2, -0.15) is 5.26 Å². The maximum absolute atomic E-state index is 12.4. The Hall–Kier alpha value is -1.86. The second-order valence-electron chi connectivity index (χ2n) is 4.50. The van der Waals surface area contributed by atoms with Crippen LogP contribution in [-0.2, 0) is 16.0 Å². The van der Waals surface area contributed by atoms with Gasteiger partial charge in [-0.3, -0.25) is 4.79 Å². The highest BCUT2D eigenvalue weighted by atomic mass is 35.5. The third-order valence-corrected chi connectivity index (χ3v) is 3.49. The van der Waals surface area contributed by atoms with Crippen molar-refractivity contribution in [1.29, 1.82) is 5.26 Å². The molecule has 0 radical (unpaired) electrons. The standard InChI is InChI=1S/C14H12ClNO3/c1-3-19-13(18)14(7-16)6-9-5-10(15)4-8(2)11(9)12(14)17/h4-5H,3,6H2,1-2H3. The van der Waals surface area contributed by atoms with E-state index in [9.17, 15) is 14.9 Å². The Morgan fingerprint density at radius 1 is 1.58 bits per heavy atom. The van der Waals surface area contributed by atoms with Crippen molar-refractivity contribution in [3.63, 3.8) is 0 Å². The predicted octanol–water partition coefficient (Wildman–Crippen LogP) is 2.46. The van der Waals surface area contributed by atoms with E-state index < -0.39 is 17.2 Å². The summed E-state index contributed by atoms with van der Waals surface area (Å²) in [5, 5.41) is 9.80. The molecular formula is C14H12ClNO3. The summed E-state index contributed by atoms with van der Waals surface area (Å²) in [7, 11) is 0. The van der Waals surface area contributed by atoms with Crippen molar-refractivity contribution in [3.8, 4) is 6.07 Å². The van der Waals surface area contributed by atoms with Gasteiger partial charge < -0.3 is 4.74 Å². The maximum atomic E-state index is 12.4. The normalized spacial score (nSPS) is 20.8. The Bertz CT molecular complexity index is 618. The number of carbonyl (C=O) groups is 2. The number of esters is 1. The van der Waals surface area contributed by atoms with Crippen molar-refractivity contribution in [2.24, 2.45) is 5.41 Å². The maximum Gasteiger partial charge on any atom is 0.334 e. The van der Waals surface area contributed by atoms with E-state index in [4.69, 9.17) is 16.3 Å². The van der Waals surface area contributed by atoms with Crippen LogP contribution in [0.2, 0.25) is 5.02 Å². The Morgan fingerprint density at radius 3 is 2.84 bits per heavy atom. The molecule has 5 heteroatoms. The molecule has 1 aromatic carbocycles. The minimum absolute atomic E-state index is 0.0257. The first kappa shape index (κ1) is 13.6. The van der Waals surface area contributed by atoms with E-state index in [1.165, 1.54) is 0 Å². The summed E-state index contributed by atoms with van der Waals surface area (Å²) in [4.78, 5) is 24.4. The van der Waals surface area contributed by atoms with Gasteiger partial charge in [0.15, 0.2) is 5.78 Å². The lowest BCUT2D eigenvalue weighted by Gasteiger charge is -2.16. The fraction of sp³-hybridized carbons (Fsp3) is 0.357. The third kappa shape index (κ3) is 1.91. The molecule has 19 heavy (non-hydrogen) atoms. The number of carbonyl (C=O) groups excluding carboxylic acids is 2. The number of fused-ring (bicyclic) bond motifs is 1. The molecule has 1 aromatic rings. The van der Waals surface area contributed by atoms with Crippen LogP contribution in [0, 0.1) is 23.7 Å². The SMILES string of the molecule is CCOC(=O)C1(C#N)Cc2cc(Cl)cc(C)c2C1=O. The Morgan fingerprint density at radius 2 is 2.26 bits per heavy atom. The monoisotopic (exact) mass is 277 g/mol. The molecule has 2 rings (SSSR count). The van der Waals surface area contributed by atoms with Crippen molar-refractivity contribution < 1.29 is 14.3 Å². The summed E-state index contributed by atoms with van der Waals surface area (Å²) in [6.07, 6.45) is 0.0257. The van der Waals surface area contributed by atoms with Gasteiger partial charge in [-0.15, -0.1) is 0 Å². The molecule has 1 aliphatic carbocycles. The first-order chi connectivity index (χ1) is 8.96. The lowest BCUT2D eigenvalue weighted by Crippen LogP contribution is -2.37. The van der Waals surface area contributed by atoms with Gasteiger partial charge >= 0.3 is 5.97 Å². The van der Waals surface area contributed by atoms with E-state index >= 15 is 0 Å². The average Bonchev–Trinajstić information content (AvgIpc) is 2.63. The van der Waals surface area contributed by atoms with Crippen molar-refractivity contribution >= 4 is 23.4 Å². The molecule has 0 saturated carbocycles. The van der Waals surface area contributed by atoms with E-state index in [1.807, 2.05) is 6.07 Å². The lowest BCUT2D eigenvalue weighted by atomic mass is 9.85. The van der Waals surface area contributed by atoms with E-state index in [-0.39, 0.29) is 13.0 Å². The number of halogens is 1. The lowest BCUT2D eigenvalue weighted by molar-refractivity contribution is -0.149. The van der Waals surface area contributed by atoms with Gasteiger partial charge in [0, 0.05) is 17.0 Å². The number of nitriles is 1. The van der Waals surface area contributed by atoms with Crippen LogP contribution in [0.4, 0.5) is 0 Å². The highest BCUT2D eigenvalue weighted by Gasteiger charge is 2.54. The molecule has 1 unspecified atom stereocenters. The van der Waals surface area contributed by atoms with E-state index in [0.29, 0.717) is 21.7 Å². The third-order valence-electron chi connectivity index (χ3n) is 3.27. The zero-order chi connectivity index (χ0) is 14.2. The van der Waals surface area contributed by atoms with Crippen molar-refractivity contribution in [2.45, 2.75) is 20.3 Å². The largest absolute Gasteiger partial charge is 0.464 e. The second-order valence-corrected chi connectivity index (χ2v) is 4.94. The van der Waals surface area contributed by atoms with Crippen LogP contribution in [0.25, 0.3) is 0 Å². The van der Waals surface area contributed by atoms with Crippen LogP contribution in [0.3, 0.4) is 0 Å².